The van der Waals surface area contributed by atoms with Gasteiger partial charge in [-0.15, -0.1) is 0 Å². The Hall–Kier alpha value is -2.51. The molecule has 3 aromatic carbocycles. The monoisotopic (exact) mass is 442 g/mol. The second kappa shape index (κ2) is 6.53. The van der Waals surface area contributed by atoms with E-state index >= 15 is 0 Å². The average molecular weight is 442 g/mol. The highest BCUT2D eigenvalue weighted by atomic mass is 32.2. The van der Waals surface area contributed by atoms with Gasteiger partial charge in [0.15, 0.2) is 0 Å². The quantitative estimate of drug-likeness (QED) is 0.398. The van der Waals surface area contributed by atoms with Crippen molar-refractivity contribution in [1.29, 1.82) is 0 Å². The summed E-state index contributed by atoms with van der Waals surface area (Å²) in [5.74, 6) is 0. The number of fused-ring (bicyclic) bond motifs is 1. The molecule has 0 spiro atoms. The maximum absolute atomic E-state index is 13.1. The van der Waals surface area contributed by atoms with Gasteiger partial charge >= 0.3 is 0 Å². The Morgan fingerprint density at radius 2 is 1.39 bits per heavy atom. The second-order valence-electron chi connectivity index (χ2n) is 5.84. The Morgan fingerprint density at radius 1 is 0.786 bits per heavy atom. The molecule has 12 heteroatoms. The third-order valence-electron chi connectivity index (χ3n) is 3.99. The Balaban J connectivity index is 2.37. The summed E-state index contributed by atoms with van der Waals surface area (Å²) in [4.78, 5) is -2.41. The highest BCUT2D eigenvalue weighted by Gasteiger charge is 2.30. The molecule has 0 aliphatic rings. The second-order valence-corrected chi connectivity index (χ2v) is 10.6. The first-order valence-electron chi connectivity index (χ1n) is 7.50. The lowest BCUT2D eigenvalue weighted by molar-refractivity contribution is 0.481. The fourth-order valence-electron chi connectivity index (χ4n) is 2.77. The van der Waals surface area contributed by atoms with Crippen molar-refractivity contribution in [1.82, 2.24) is 0 Å². The van der Waals surface area contributed by atoms with Crippen LogP contribution in [0.5, 0.6) is 0 Å². The molecule has 0 radical (unpaired) electrons. The van der Waals surface area contributed by atoms with Gasteiger partial charge in [-0.2, -0.15) is 8.42 Å². The molecule has 148 valence electrons. The zero-order valence-electron chi connectivity index (χ0n) is 14.0. The van der Waals surface area contributed by atoms with Crippen LogP contribution in [0, 0.1) is 0 Å². The highest BCUT2D eigenvalue weighted by Crippen LogP contribution is 2.35. The van der Waals surface area contributed by atoms with Gasteiger partial charge in [0.1, 0.15) is 4.90 Å². The number of sulfone groups is 1. The number of rotatable bonds is 4. The van der Waals surface area contributed by atoms with Crippen LogP contribution in [0.15, 0.2) is 74.2 Å². The van der Waals surface area contributed by atoms with E-state index in [1.165, 1.54) is 18.2 Å². The smallest absolute Gasteiger partial charge is 0.296 e. The lowest BCUT2D eigenvalue weighted by Crippen LogP contribution is -2.15. The first-order valence-corrected chi connectivity index (χ1v) is 12.0. The van der Waals surface area contributed by atoms with E-state index in [4.69, 9.17) is 10.9 Å². The predicted octanol–water partition coefficient (Wildman–Crippen LogP) is 1.15. The molecule has 0 saturated carbocycles. The van der Waals surface area contributed by atoms with Crippen molar-refractivity contribution >= 4 is 46.4 Å². The van der Waals surface area contributed by atoms with Gasteiger partial charge in [0, 0.05) is 5.39 Å². The Bertz CT molecular complexity index is 1430. The summed E-state index contributed by atoms with van der Waals surface area (Å²) in [6.07, 6.45) is 0. The van der Waals surface area contributed by atoms with E-state index in [-0.39, 0.29) is 5.39 Å². The number of nitrogens with two attached hydrogens (primary N) is 2. The molecule has 0 unspecified atom stereocenters. The summed E-state index contributed by atoms with van der Waals surface area (Å²) in [5, 5.41) is 5.39. The van der Waals surface area contributed by atoms with Gasteiger partial charge in [-0.05, 0) is 29.7 Å². The third-order valence-corrected chi connectivity index (χ3v) is 7.86. The number of nitrogen functional groups attached to an aromatic ring is 1. The molecule has 28 heavy (non-hydrogen) atoms. The summed E-state index contributed by atoms with van der Waals surface area (Å²) < 4.78 is 82.6. The van der Waals surface area contributed by atoms with Crippen LogP contribution in [0.25, 0.3) is 10.8 Å². The van der Waals surface area contributed by atoms with Gasteiger partial charge in [0.2, 0.25) is 19.9 Å². The molecule has 5 N–H and O–H groups in total. The van der Waals surface area contributed by atoms with Crippen LogP contribution in [0.1, 0.15) is 0 Å². The normalized spacial score (nSPS) is 12.9. The van der Waals surface area contributed by atoms with E-state index < -0.39 is 55.2 Å². The lowest BCUT2D eigenvalue weighted by atomic mass is 10.1. The molecule has 0 saturated heterocycles. The molecule has 3 rings (SSSR count). The van der Waals surface area contributed by atoms with E-state index in [1.807, 2.05) is 0 Å². The van der Waals surface area contributed by atoms with Crippen molar-refractivity contribution in [2.75, 3.05) is 5.73 Å². The van der Waals surface area contributed by atoms with Gasteiger partial charge in [-0.1, -0.05) is 30.3 Å². The zero-order valence-corrected chi connectivity index (χ0v) is 16.4. The van der Waals surface area contributed by atoms with Crippen LogP contribution in [0.3, 0.4) is 0 Å². The fourth-order valence-corrected chi connectivity index (χ4v) is 6.20. The number of hydrogen-bond donors (Lipinski definition) is 3. The summed E-state index contributed by atoms with van der Waals surface area (Å²) in [5.41, 5.74) is 5.26. The molecule has 9 nitrogen and oxygen atoms in total. The molecule has 0 aliphatic heterocycles. The molecule has 0 aliphatic carbocycles. The van der Waals surface area contributed by atoms with Gasteiger partial charge in [-0.25, -0.2) is 22.0 Å². The third kappa shape index (κ3) is 3.47. The van der Waals surface area contributed by atoms with Crippen LogP contribution >= 0.6 is 0 Å². The minimum atomic E-state index is -4.93. The fraction of sp³-hybridized carbons (Fsp3) is 0. The van der Waals surface area contributed by atoms with Crippen LogP contribution < -0.4 is 10.9 Å². The van der Waals surface area contributed by atoms with E-state index in [9.17, 15) is 29.8 Å². The number of benzene rings is 3. The van der Waals surface area contributed by atoms with Crippen molar-refractivity contribution < 1.29 is 29.8 Å². The highest BCUT2D eigenvalue weighted by molar-refractivity contribution is 7.93. The Morgan fingerprint density at radius 3 is 1.96 bits per heavy atom. The number of hydrogen-bond acceptors (Lipinski definition) is 7. The van der Waals surface area contributed by atoms with Crippen LogP contribution in [-0.4, -0.2) is 29.8 Å². The van der Waals surface area contributed by atoms with E-state index in [2.05, 4.69) is 0 Å². The summed E-state index contributed by atoms with van der Waals surface area (Å²) in [6, 6.07) is 11.1. The van der Waals surface area contributed by atoms with Gasteiger partial charge in [0.05, 0.1) is 20.4 Å². The maximum atomic E-state index is 13.1. The number of anilines is 1. The van der Waals surface area contributed by atoms with Gasteiger partial charge < -0.3 is 5.73 Å². The zero-order chi connectivity index (χ0) is 20.9. The molecule has 0 fully saturated rings. The van der Waals surface area contributed by atoms with Crippen LogP contribution in [0.4, 0.5) is 5.69 Å². The van der Waals surface area contributed by atoms with E-state index in [0.717, 1.165) is 24.3 Å². The van der Waals surface area contributed by atoms with Crippen LogP contribution in [0.2, 0.25) is 0 Å². The number of sulfonamides is 1. The number of primary sulfonamides is 1. The summed E-state index contributed by atoms with van der Waals surface area (Å²) in [6.45, 7) is 0. The first kappa shape index (κ1) is 20.2. The van der Waals surface area contributed by atoms with Crippen molar-refractivity contribution in [3.8, 4) is 0 Å². The minimum Gasteiger partial charge on any atom is -0.398 e. The topological polar surface area (TPSA) is 175 Å². The SMILES string of the molecule is Nc1cc(S(N)(=O)=O)ccc1S(=O)(=O)c1ccc2ccccc2c1S(=O)(=O)O. The average Bonchev–Trinajstić information content (AvgIpc) is 2.58. The molecule has 3 aromatic rings. The molecule has 0 amide bonds. The molecule has 0 bridgehead atoms. The summed E-state index contributed by atoms with van der Waals surface area (Å²) >= 11 is 0. The van der Waals surface area contributed by atoms with Crippen LogP contribution in [-0.2, 0) is 30.0 Å². The lowest BCUT2D eigenvalue weighted by Gasteiger charge is -2.13. The summed E-state index contributed by atoms with van der Waals surface area (Å²) in [7, 11) is -13.6. The largest absolute Gasteiger partial charge is 0.398 e. The minimum absolute atomic E-state index is 0.00537. The van der Waals surface area contributed by atoms with Crippen molar-refractivity contribution in [2.24, 2.45) is 5.14 Å². The molecule has 0 atom stereocenters. The predicted molar refractivity (Wildman–Crippen MR) is 101 cm³/mol. The van der Waals surface area contributed by atoms with E-state index in [1.54, 1.807) is 12.1 Å². The van der Waals surface area contributed by atoms with Crippen molar-refractivity contribution in [3.05, 3.63) is 54.6 Å². The van der Waals surface area contributed by atoms with Crippen molar-refractivity contribution in [2.45, 2.75) is 19.6 Å². The van der Waals surface area contributed by atoms with Gasteiger partial charge in [-0.3, -0.25) is 4.55 Å². The maximum Gasteiger partial charge on any atom is 0.296 e. The first-order chi connectivity index (χ1) is 12.8. The van der Waals surface area contributed by atoms with E-state index in [0.29, 0.717) is 5.39 Å². The Labute approximate surface area is 161 Å². The van der Waals surface area contributed by atoms with Crippen molar-refractivity contribution in [3.63, 3.8) is 0 Å². The van der Waals surface area contributed by atoms with Gasteiger partial charge in [0.25, 0.3) is 10.1 Å². The molecular formula is C16H14N2O7S3. The molecule has 0 aromatic heterocycles. The molecular weight excluding hydrogens is 428 g/mol. The Kier molecular flexibility index (Phi) is 4.72. The standard InChI is InChI=1S/C16H14N2O7S3/c17-13-9-11(27(18,21)22)6-8-14(13)26(19,20)15-7-5-10-3-1-2-4-12(10)16(15)28(23,24)25/h1-9H,17H2,(H2,18,21,22)(H,23,24,25). The molecule has 0 heterocycles.